The molecule has 1 amide bonds. The molecule has 0 spiro atoms. The highest BCUT2D eigenvalue weighted by atomic mass is 16.2. The molecule has 100 valence electrons. The molecule has 0 bridgehead atoms. The minimum absolute atomic E-state index is 0.0277. The fraction of sp³-hybridized carbons (Fsp3) is 0.769. The molecule has 1 aliphatic rings. The molecule has 2 rings (SSSR count). The van der Waals surface area contributed by atoms with Crippen LogP contribution < -0.4 is 0 Å². The van der Waals surface area contributed by atoms with E-state index in [-0.39, 0.29) is 11.8 Å². The second kappa shape index (κ2) is 5.98. The van der Waals surface area contributed by atoms with Crippen molar-refractivity contribution in [3.05, 3.63) is 11.6 Å². The number of hydrogen-bond donors (Lipinski definition) is 1. The standard InChI is InChI=1S/C13H22N4O/c1-10(2)11-14-12(16-15-11)13(18)17-8-6-4-3-5-7-9-17/h10H,3-9H2,1-2H3,(H,14,15,16). The van der Waals surface area contributed by atoms with E-state index in [4.69, 9.17) is 0 Å². The van der Waals surface area contributed by atoms with Gasteiger partial charge in [-0.1, -0.05) is 33.1 Å². The van der Waals surface area contributed by atoms with Gasteiger partial charge in [-0.25, -0.2) is 4.98 Å². The van der Waals surface area contributed by atoms with Gasteiger partial charge in [-0.05, 0) is 12.8 Å². The van der Waals surface area contributed by atoms with Crippen molar-refractivity contribution in [1.82, 2.24) is 20.1 Å². The average Bonchev–Trinajstić information content (AvgIpc) is 2.77. The summed E-state index contributed by atoms with van der Waals surface area (Å²) in [4.78, 5) is 18.5. The highest BCUT2D eigenvalue weighted by molar-refractivity contribution is 5.90. The molecule has 5 heteroatoms. The van der Waals surface area contributed by atoms with E-state index in [0.717, 1.165) is 31.8 Å². The van der Waals surface area contributed by atoms with E-state index in [2.05, 4.69) is 15.2 Å². The lowest BCUT2D eigenvalue weighted by molar-refractivity contribution is 0.0730. The van der Waals surface area contributed by atoms with Crippen LogP contribution in [0.15, 0.2) is 0 Å². The highest BCUT2D eigenvalue weighted by Gasteiger charge is 2.21. The molecule has 1 saturated heterocycles. The Morgan fingerprint density at radius 1 is 1.17 bits per heavy atom. The number of rotatable bonds is 2. The molecule has 0 radical (unpaired) electrons. The van der Waals surface area contributed by atoms with Crippen molar-refractivity contribution in [2.45, 2.75) is 51.9 Å². The van der Waals surface area contributed by atoms with Gasteiger partial charge < -0.3 is 4.90 Å². The molecule has 0 saturated carbocycles. The number of hydrogen-bond acceptors (Lipinski definition) is 3. The van der Waals surface area contributed by atoms with Gasteiger partial charge in [0.15, 0.2) is 0 Å². The summed E-state index contributed by atoms with van der Waals surface area (Å²) < 4.78 is 0. The third-order valence-electron chi connectivity index (χ3n) is 3.38. The SMILES string of the molecule is CC(C)c1nc(C(=O)N2CCCCCCC2)n[nH]1. The van der Waals surface area contributed by atoms with Crippen LogP contribution in [0.25, 0.3) is 0 Å². The number of aromatic amines is 1. The Kier molecular flexibility index (Phi) is 4.33. The predicted octanol–water partition coefficient (Wildman–Crippen LogP) is 2.33. The van der Waals surface area contributed by atoms with Gasteiger partial charge in [0.25, 0.3) is 5.91 Å². The zero-order chi connectivity index (χ0) is 13.0. The zero-order valence-electron chi connectivity index (χ0n) is 11.3. The fourth-order valence-corrected chi connectivity index (χ4v) is 2.22. The number of likely N-dealkylation sites (tertiary alicyclic amines) is 1. The third-order valence-corrected chi connectivity index (χ3v) is 3.38. The second-order valence-electron chi connectivity index (χ2n) is 5.26. The van der Waals surface area contributed by atoms with Gasteiger partial charge in [-0.2, -0.15) is 0 Å². The van der Waals surface area contributed by atoms with Crippen LogP contribution in [0, 0.1) is 0 Å². The number of amides is 1. The van der Waals surface area contributed by atoms with Gasteiger partial charge in [-0.3, -0.25) is 9.89 Å². The van der Waals surface area contributed by atoms with Crippen molar-refractivity contribution in [2.75, 3.05) is 13.1 Å². The Hall–Kier alpha value is -1.39. The Morgan fingerprint density at radius 2 is 1.78 bits per heavy atom. The maximum atomic E-state index is 12.3. The highest BCUT2D eigenvalue weighted by Crippen LogP contribution is 2.13. The van der Waals surface area contributed by atoms with Gasteiger partial charge in [0.05, 0.1) is 0 Å². The molecule has 1 fully saturated rings. The van der Waals surface area contributed by atoms with Crippen molar-refractivity contribution in [1.29, 1.82) is 0 Å². The molecule has 18 heavy (non-hydrogen) atoms. The molecule has 0 aromatic carbocycles. The summed E-state index contributed by atoms with van der Waals surface area (Å²) in [5.41, 5.74) is 0. The summed E-state index contributed by atoms with van der Waals surface area (Å²) in [5, 5.41) is 6.88. The second-order valence-corrected chi connectivity index (χ2v) is 5.26. The molecule has 5 nitrogen and oxygen atoms in total. The van der Waals surface area contributed by atoms with E-state index in [1.165, 1.54) is 19.3 Å². The molecule has 0 aliphatic carbocycles. The van der Waals surface area contributed by atoms with E-state index < -0.39 is 0 Å². The molecule has 1 aliphatic heterocycles. The maximum Gasteiger partial charge on any atom is 0.293 e. The molecule has 1 N–H and O–H groups in total. The van der Waals surface area contributed by atoms with Gasteiger partial charge in [0.2, 0.25) is 5.82 Å². The minimum Gasteiger partial charge on any atom is -0.336 e. The average molecular weight is 250 g/mol. The van der Waals surface area contributed by atoms with E-state index in [9.17, 15) is 4.79 Å². The van der Waals surface area contributed by atoms with E-state index in [1.807, 2.05) is 18.7 Å². The number of carbonyl (C=O) groups excluding carboxylic acids is 1. The molecule has 1 aromatic rings. The maximum absolute atomic E-state index is 12.3. The van der Waals surface area contributed by atoms with E-state index in [0.29, 0.717) is 5.82 Å². The van der Waals surface area contributed by atoms with Crippen LogP contribution in [0.3, 0.4) is 0 Å². The van der Waals surface area contributed by atoms with Crippen molar-refractivity contribution in [3.63, 3.8) is 0 Å². The smallest absolute Gasteiger partial charge is 0.293 e. The summed E-state index contributed by atoms with van der Waals surface area (Å²) >= 11 is 0. The summed E-state index contributed by atoms with van der Waals surface area (Å²) in [6.45, 7) is 5.74. The first-order chi connectivity index (χ1) is 8.68. The van der Waals surface area contributed by atoms with Crippen LogP contribution in [0.2, 0.25) is 0 Å². The Morgan fingerprint density at radius 3 is 2.33 bits per heavy atom. The quantitative estimate of drug-likeness (QED) is 0.876. The number of nitrogens with zero attached hydrogens (tertiary/aromatic N) is 3. The van der Waals surface area contributed by atoms with Crippen LogP contribution in [-0.2, 0) is 0 Å². The molecule has 0 unspecified atom stereocenters. The minimum atomic E-state index is -0.0277. The van der Waals surface area contributed by atoms with Crippen LogP contribution in [-0.4, -0.2) is 39.1 Å². The largest absolute Gasteiger partial charge is 0.336 e. The zero-order valence-corrected chi connectivity index (χ0v) is 11.3. The Labute approximate surface area is 108 Å². The number of carbonyl (C=O) groups is 1. The topological polar surface area (TPSA) is 61.9 Å². The van der Waals surface area contributed by atoms with Crippen molar-refractivity contribution in [2.24, 2.45) is 0 Å². The first-order valence-corrected chi connectivity index (χ1v) is 6.90. The number of nitrogens with one attached hydrogen (secondary N) is 1. The monoisotopic (exact) mass is 250 g/mol. The van der Waals surface area contributed by atoms with Gasteiger partial charge in [-0.15, -0.1) is 5.10 Å². The van der Waals surface area contributed by atoms with Crippen LogP contribution in [0.5, 0.6) is 0 Å². The normalized spacial score (nSPS) is 17.6. The number of H-pyrrole nitrogens is 1. The van der Waals surface area contributed by atoms with Crippen molar-refractivity contribution >= 4 is 5.91 Å². The van der Waals surface area contributed by atoms with Crippen LogP contribution >= 0.6 is 0 Å². The lowest BCUT2D eigenvalue weighted by Crippen LogP contribution is -2.34. The van der Waals surface area contributed by atoms with Crippen molar-refractivity contribution < 1.29 is 4.79 Å². The summed E-state index contributed by atoms with van der Waals surface area (Å²) in [7, 11) is 0. The molecule has 2 heterocycles. The molecule has 0 atom stereocenters. The third kappa shape index (κ3) is 3.09. The first-order valence-electron chi connectivity index (χ1n) is 6.90. The predicted molar refractivity (Wildman–Crippen MR) is 69.5 cm³/mol. The summed E-state index contributed by atoms with van der Waals surface area (Å²) in [6.07, 6.45) is 5.91. The van der Waals surface area contributed by atoms with E-state index in [1.54, 1.807) is 0 Å². The lowest BCUT2D eigenvalue weighted by atomic mass is 10.1. The van der Waals surface area contributed by atoms with Crippen LogP contribution in [0.1, 0.15) is 68.3 Å². The summed E-state index contributed by atoms with van der Waals surface area (Å²) in [6, 6.07) is 0. The lowest BCUT2D eigenvalue weighted by Gasteiger charge is -2.23. The molecule has 1 aromatic heterocycles. The van der Waals surface area contributed by atoms with Crippen LogP contribution in [0.4, 0.5) is 0 Å². The van der Waals surface area contributed by atoms with Crippen molar-refractivity contribution in [3.8, 4) is 0 Å². The Balaban J connectivity index is 2.03. The van der Waals surface area contributed by atoms with Gasteiger partial charge in [0, 0.05) is 19.0 Å². The Bertz CT molecular complexity index is 391. The molecular weight excluding hydrogens is 228 g/mol. The summed E-state index contributed by atoms with van der Waals surface area (Å²) in [5.74, 6) is 1.34. The fourth-order valence-electron chi connectivity index (χ4n) is 2.22. The van der Waals surface area contributed by atoms with Gasteiger partial charge in [0.1, 0.15) is 5.82 Å². The van der Waals surface area contributed by atoms with E-state index >= 15 is 0 Å². The molecular formula is C13H22N4O. The van der Waals surface area contributed by atoms with Gasteiger partial charge >= 0.3 is 0 Å². The first kappa shape index (κ1) is 13.1. The number of aromatic nitrogens is 3.